The standard InChI is InChI=1S/C17H20N2OS/c1-3-15(18)17(20)19-13-8-6-9-14(11-13)21-16-10-5-4-7-12(16)2/h4-11,15H,3,18H2,1-2H3,(H,19,20). The number of anilines is 1. The van der Waals surface area contributed by atoms with Crippen LogP contribution in [0.4, 0.5) is 5.69 Å². The topological polar surface area (TPSA) is 55.1 Å². The van der Waals surface area contributed by atoms with E-state index in [0.717, 1.165) is 10.6 Å². The summed E-state index contributed by atoms with van der Waals surface area (Å²) in [6, 6.07) is 15.6. The molecule has 0 saturated carbocycles. The monoisotopic (exact) mass is 300 g/mol. The molecule has 3 nitrogen and oxygen atoms in total. The Morgan fingerprint density at radius 1 is 1.24 bits per heavy atom. The van der Waals surface area contributed by atoms with Gasteiger partial charge in [-0.25, -0.2) is 0 Å². The minimum Gasteiger partial charge on any atom is -0.325 e. The molecule has 0 aliphatic carbocycles. The van der Waals surface area contributed by atoms with Crippen molar-refractivity contribution < 1.29 is 4.79 Å². The third kappa shape index (κ3) is 4.34. The predicted octanol–water partition coefficient (Wildman–Crippen LogP) is 3.82. The first-order valence-corrected chi connectivity index (χ1v) is 7.81. The van der Waals surface area contributed by atoms with Gasteiger partial charge < -0.3 is 11.1 Å². The van der Waals surface area contributed by atoms with Gasteiger partial charge in [0.2, 0.25) is 5.91 Å². The fraction of sp³-hybridized carbons (Fsp3) is 0.235. The Kier molecular flexibility index (Phi) is 5.42. The van der Waals surface area contributed by atoms with Gasteiger partial charge in [0.1, 0.15) is 0 Å². The van der Waals surface area contributed by atoms with Crippen molar-refractivity contribution in [3.05, 3.63) is 54.1 Å². The van der Waals surface area contributed by atoms with Crippen LogP contribution in [0, 0.1) is 6.92 Å². The molecule has 0 aliphatic heterocycles. The number of rotatable bonds is 5. The molecule has 110 valence electrons. The van der Waals surface area contributed by atoms with Gasteiger partial charge in [-0.05, 0) is 43.2 Å². The number of nitrogens with two attached hydrogens (primary N) is 1. The lowest BCUT2D eigenvalue weighted by molar-refractivity contribution is -0.117. The van der Waals surface area contributed by atoms with Gasteiger partial charge in [0.05, 0.1) is 6.04 Å². The molecule has 0 radical (unpaired) electrons. The van der Waals surface area contributed by atoms with E-state index in [4.69, 9.17) is 5.73 Å². The Labute approximate surface area is 129 Å². The zero-order chi connectivity index (χ0) is 15.2. The summed E-state index contributed by atoms with van der Waals surface area (Å²) in [5, 5.41) is 2.86. The van der Waals surface area contributed by atoms with Crippen LogP contribution in [0.5, 0.6) is 0 Å². The van der Waals surface area contributed by atoms with Crippen LogP contribution in [0.2, 0.25) is 0 Å². The molecule has 0 aliphatic rings. The van der Waals surface area contributed by atoms with E-state index >= 15 is 0 Å². The molecule has 4 heteroatoms. The van der Waals surface area contributed by atoms with Gasteiger partial charge >= 0.3 is 0 Å². The van der Waals surface area contributed by atoms with Crippen LogP contribution < -0.4 is 11.1 Å². The number of nitrogens with one attached hydrogen (secondary N) is 1. The molecule has 0 fully saturated rings. The smallest absolute Gasteiger partial charge is 0.241 e. The molecule has 0 spiro atoms. The van der Waals surface area contributed by atoms with Crippen molar-refractivity contribution in [2.24, 2.45) is 5.73 Å². The number of amides is 1. The van der Waals surface area contributed by atoms with Crippen LogP contribution in [0.15, 0.2) is 58.3 Å². The Bertz CT molecular complexity index is 628. The van der Waals surface area contributed by atoms with Crippen molar-refractivity contribution in [2.45, 2.75) is 36.1 Å². The van der Waals surface area contributed by atoms with Crippen LogP contribution in [0.3, 0.4) is 0 Å². The molecule has 2 rings (SSSR count). The molecule has 0 heterocycles. The Morgan fingerprint density at radius 2 is 2.00 bits per heavy atom. The summed E-state index contributed by atoms with van der Waals surface area (Å²) in [5.74, 6) is -0.143. The number of hydrogen-bond donors (Lipinski definition) is 2. The number of benzene rings is 2. The molecule has 0 bridgehead atoms. The Balaban J connectivity index is 2.11. The van der Waals surface area contributed by atoms with E-state index in [1.165, 1.54) is 10.5 Å². The molecule has 1 amide bonds. The van der Waals surface area contributed by atoms with Gasteiger partial charge in [0.25, 0.3) is 0 Å². The highest BCUT2D eigenvalue weighted by molar-refractivity contribution is 7.99. The van der Waals surface area contributed by atoms with E-state index in [-0.39, 0.29) is 5.91 Å². The fourth-order valence-corrected chi connectivity index (χ4v) is 2.82. The maximum atomic E-state index is 11.8. The third-order valence-electron chi connectivity index (χ3n) is 3.20. The number of carbonyl (C=O) groups excluding carboxylic acids is 1. The summed E-state index contributed by atoms with van der Waals surface area (Å²) in [6.45, 7) is 3.99. The van der Waals surface area contributed by atoms with E-state index < -0.39 is 6.04 Å². The molecule has 2 aromatic carbocycles. The minimum atomic E-state index is -0.460. The number of aryl methyl sites for hydroxylation is 1. The van der Waals surface area contributed by atoms with E-state index in [1.807, 2.05) is 43.3 Å². The van der Waals surface area contributed by atoms with Gasteiger partial charge in [0.15, 0.2) is 0 Å². The largest absolute Gasteiger partial charge is 0.325 e. The summed E-state index contributed by atoms with van der Waals surface area (Å²) in [6.07, 6.45) is 0.628. The van der Waals surface area contributed by atoms with Crippen molar-refractivity contribution in [1.29, 1.82) is 0 Å². The average Bonchev–Trinajstić information content (AvgIpc) is 2.49. The molecule has 0 saturated heterocycles. The van der Waals surface area contributed by atoms with Gasteiger partial charge in [-0.1, -0.05) is 43.0 Å². The second kappa shape index (κ2) is 7.29. The van der Waals surface area contributed by atoms with Crippen molar-refractivity contribution in [2.75, 3.05) is 5.32 Å². The second-order valence-electron chi connectivity index (χ2n) is 4.90. The van der Waals surface area contributed by atoms with Crippen LogP contribution in [0.1, 0.15) is 18.9 Å². The first kappa shape index (κ1) is 15.6. The lowest BCUT2D eigenvalue weighted by Gasteiger charge is -2.11. The first-order valence-electron chi connectivity index (χ1n) is 7.00. The average molecular weight is 300 g/mol. The van der Waals surface area contributed by atoms with Crippen LogP contribution in [-0.2, 0) is 4.79 Å². The molecule has 1 atom stereocenters. The molecule has 1 unspecified atom stereocenters. The quantitative estimate of drug-likeness (QED) is 0.882. The summed E-state index contributed by atoms with van der Waals surface area (Å²) in [5.41, 5.74) is 7.75. The molecule has 3 N–H and O–H groups in total. The normalized spacial score (nSPS) is 12.0. The molecular formula is C17H20N2OS. The van der Waals surface area contributed by atoms with Crippen LogP contribution in [0.25, 0.3) is 0 Å². The summed E-state index contributed by atoms with van der Waals surface area (Å²) in [4.78, 5) is 14.1. The highest BCUT2D eigenvalue weighted by Gasteiger charge is 2.11. The van der Waals surface area contributed by atoms with Crippen molar-refractivity contribution in [3.8, 4) is 0 Å². The molecule has 21 heavy (non-hydrogen) atoms. The zero-order valence-corrected chi connectivity index (χ0v) is 13.1. The summed E-state index contributed by atoms with van der Waals surface area (Å²) >= 11 is 1.69. The summed E-state index contributed by atoms with van der Waals surface area (Å²) in [7, 11) is 0. The van der Waals surface area contributed by atoms with Crippen molar-refractivity contribution in [3.63, 3.8) is 0 Å². The van der Waals surface area contributed by atoms with Crippen molar-refractivity contribution >= 4 is 23.4 Å². The third-order valence-corrected chi connectivity index (χ3v) is 4.37. The van der Waals surface area contributed by atoms with E-state index in [0.29, 0.717) is 6.42 Å². The molecule has 2 aromatic rings. The van der Waals surface area contributed by atoms with Crippen LogP contribution in [-0.4, -0.2) is 11.9 Å². The Morgan fingerprint density at radius 3 is 2.71 bits per heavy atom. The van der Waals surface area contributed by atoms with Gasteiger partial charge in [-0.3, -0.25) is 4.79 Å². The zero-order valence-electron chi connectivity index (χ0n) is 12.3. The van der Waals surface area contributed by atoms with E-state index in [9.17, 15) is 4.79 Å². The predicted molar refractivity (Wildman–Crippen MR) is 88.6 cm³/mol. The molecular weight excluding hydrogens is 280 g/mol. The second-order valence-corrected chi connectivity index (χ2v) is 6.01. The minimum absolute atomic E-state index is 0.143. The highest BCUT2D eigenvalue weighted by atomic mass is 32.2. The van der Waals surface area contributed by atoms with E-state index in [1.54, 1.807) is 11.8 Å². The van der Waals surface area contributed by atoms with Gasteiger partial charge in [-0.2, -0.15) is 0 Å². The Hall–Kier alpha value is -1.78. The number of carbonyl (C=O) groups is 1. The molecule has 0 aromatic heterocycles. The summed E-state index contributed by atoms with van der Waals surface area (Å²) < 4.78 is 0. The maximum Gasteiger partial charge on any atom is 0.241 e. The lowest BCUT2D eigenvalue weighted by atomic mass is 10.2. The van der Waals surface area contributed by atoms with Crippen molar-refractivity contribution in [1.82, 2.24) is 0 Å². The van der Waals surface area contributed by atoms with E-state index in [2.05, 4.69) is 24.4 Å². The first-order chi connectivity index (χ1) is 10.1. The SMILES string of the molecule is CCC(N)C(=O)Nc1cccc(Sc2ccccc2C)c1. The van der Waals surface area contributed by atoms with Gasteiger partial charge in [-0.15, -0.1) is 0 Å². The van der Waals surface area contributed by atoms with Gasteiger partial charge in [0, 0.05) is 15.5 Å². The highest BCUT2D eigenvalue weighted by Crippen LogP contribution is 2.31. The fourth-order valence-electron chi connectivity index (χ4n) is 1.86. The number of hydrogen-bond acceptors (Lipinski definition) is 3. The lowest BCUT2D eigenvalue weighted by Crippen LogP contribution is -2.34. The maximum absolute atomic E-state index is 11.8. The van der Waals surface area contributed by atoms with Crippen LogP contribution >= 0.6 is 11.8 Å².